The first-order chi connectivity index (χ1) is 16.1. The Morgan fingerprint density at radius 1 is 0.848 bits per heavy atom. The summed E-state index contributed by atoms with van der Waals surface area (Å²) >= 11 is 2.17. The van der Waals surface area contributed by atoms with Gasteiger partial charge in [0.25, 0.3) is 0 Å². The first kappa shape index (κ1) is 22.3. The van der Waals surface area contributed by atoms with E-state index in [0.29, 0.717) is 17.5 Å². The van der Waals surface area contributed by atoms with E-state index in [2.05, 4.69) is 58.7 Å². The Morgan fingerprint density at radius 3 is 2.15 bits per heavy atom. The number of phenols is 1. The molecule has 0 aliphatic rings. The summed E-state index contributed by atoms with van der Waals surface area (Å²) in [6.45, 7) is 0. The lowest BCUT2D eigenvalue weighted by Crippen LogP contribution is -2.07. The van der Waals surface area contributed by atoms with E-state index in [4.69, 9.17) is 4.74 Å². The molecule has 9 nitrogen and oxygen atoms in total. The van der Waals surface area contributed by atoms with Gasteiger partial charge in [0.15, 0.2) is 0 Å². The monoisotopic (exact) mass is 553 g/mol. The molecule has 0 saturated carbocycles. The first-order valence-electron chi connectivity index (χ1n) is 9.86. The number of phenolic OH excluding ortho intramolecular Hbond substituents is 1. The number of aromatic hydroxyl groups is 1. The van der Waals surface area contributed by atoms with E-state index >= 15 is 0 Å². The van der Waals surface area contributed by atoms with E-state index in [1.54, 1.807) is 13.2 Å². The third kappa shape index (κ3) is 6.29. The lowest BCUT2D eigenvalue weighted by Gasteiger charge is -2.10. The molecule has 0 atom stereocenters. The number of aromatic nitrogens is 3. The predicted octanol–water partition coefficient (Wildman–Crippen LogP) is 5.12. The van der Waals surface area contributed by atoms with Gasteiger partial charge in [-0.05, 0) is 77.2 Å². The molecule has 1 heterocycles. The van der Waals surface area contributed by atoms with Crippen LogP contribution in [-0.2, 0) is 0 Å². The summed E-state index contributed by atoms with van der Waals surface area (Å²) in [4.78, 5) is 13.2. The Hall–Kier alpha value is -3.93. The maximum atomic E-state index is 9.99. The molecule has 166 valence electrons. The normalized spacial score (nSPS) is 10.7. The van der Waals surface area contributed by atoms with Gasteiger partial charge in [0.1, 0.15) is 11.5 Å². The SMILES string of the molecule is COc1ccc(Nc2nc(NN=Cc3cc(I)ccc3O)nc(Nc3ccccc3)n2)cc1. The van der Waals surface area contributed by atoms with Crippen molar-refractivity contribution < 1.29 is 9.84 Å². The zero-order valence-electron chi connectivity index (χ0n) is 17.5. The molecule has 1 aromatic heterocycles. The van der Waals surface area contributed by atoms with Crippen LogP contribution in [0.4, 0.5) is 29.2 Å². The molecule has 4 N–H and O–H groups in total. The van der Waals surface area contributed by atoms with Gasteiger partial charge in [0, 0.05) is 20.5 Å². The number of rotatable bonds is 8. The van der Waals surface area contributed by atoms with E-state index in [9.17, 15) is 5.11 Å². The zero-order valence-corrected chi connectivity index (χ0v) is 19.7. The Kier molecular flexibility index (Phi) is 7.15. The van der Waals surface area contributed by atoms with E-state index in [0.717, 1.165) is 20.7 Å². The maximum Gasteiger partial charge on any atom is 0.250 e. The molecule has 0 saturated heterocycles. The average Bonchev–Trinajstić information content (AvgIpc) is 2.82. The number of methoxy groups -OCH3 is 1. The number of benzene rings is 3. The van der Waals surface area contributed by atoms with Crippen molar-refractivity contribution in [2.24, 2.45) is 5.10 Å². The molecule has 33 heavy (non-hydrogen) atoms. The number of nitrogens with zero attached hydrogens (tertiary/aromatic N) is 4. The summed E-state index contributed by atoms with van der Waals surface area (Å²) in [6, 6.07) is 22.2. The summed E-state index contributed by atoms with van der Waals surface area (Å²) in [5.41, 5.74) is 4.99. The van der Waals surface area contributed by atoms with E-state index in [-0.39, 0.29) is 11.7 Å². The number of hydrazone groups is 1. The molecule has 3 aromatic carbocycles. The number of ether oxygens (including phenoxy) is 1. The minimum absolute atomic E-state index is 0.130. The Balaban J connectivity index is 1.58. The zero-order chi connectivity index (χ0) is 23.0. The average molecular weight is 553 g/mol. The van der Waals surface area contributed by atoms with Crippen LogP contribution in [0, 0.1) is 3.57 Å². The third-order valence-corrected chi connectivity index (χ3v) is 5.04. The van der Waals surface area contributed by atoms with Gasteiger partial charge in [-0.25, -0.2) is 5.43 Å². The predicted molar refractivity (Wildman–Crippen MR) is 138 cm³/mol. The quantitative estimate of drug-likeness (QED) is 0.135. The van der Waals surface area contributed by atoms with Crippen LogP contribution in [0.5, 0.6) is 11.5 Å². The Morgan fingerprint density at radius 2 is 1.48 bits per heavy atom. The Labute approximate surface area is 204 Å². The fraction of sp³-hybridized carbons (Fsp3) is 0.0435. The van der Waals surface area contributed by atoms with Gasteiger partial charge in [-0.2, -0.15) is 20.1 Å². The van der Waals surface area contributed by atoms with Crippen LogP contribution in [0.25, 0.3) is 0 Å². The van der Waals surface area contributed by atoms with Crippen LogP contribution in [0.15, 0.2) is 77.9 Å². The van der Waals surface area contributed by atoms with Crippen LogP contribution >= 0.6 is 22.6 Å². The fourth-order valence-corrected chi connectivity index (χ4v) is 3.30. The van der Waals surface area contributed by atoms with E-state index < -0.39 is 0 Å². The number of nitrogens with one attached hydrogen (secondary N) is 3. The van der Waals surface area contributed by atoms with Crippen molar-refractivity contribution >= 4 is 58.0 Å². The second-order valence-corrected chi connectivity index (χ2v) is 7.97. The highest BCUT2D eigenvalue weighted by Gasteiger charge is 2.08. The summed E-state index contributed by atoms with van der Waals surface area (Å²) in [5, 5.41) is 20.5. The molecule has 0 fully saturated rings. The second kappa shape index (κ2) is 10.6. The molecule has 0 aliphatic heterocycles. The van der Waals surface area contributed by atoms with Gasteiger partial charge in [0.2, 0.25) is 17.8 Å². The van der Waals surface area contributed by atoms with Gasteiger partial charge in [-0.3, -0.25) is 0 Å². The standard InChI is InChI=1S/C23H20IN7O2/c1-33-19-10-8-18(9-11-19)27-22-28-21(26-17-5-3-2-4-6-17)29-23(30-22)31-25-14-15-13-16(24)7-12-20(15)32/h2-14,32H,1H3,(H3,26,27,28,29,30,31). The molecule has 0 bridgehead atoms. The minimum Gasteiger partial charge on any atom is -0.507 e. The molecule has 4 rings (SSSR count). The van der Waals surface area contributed by atoms with Gasteiger partial charge in [0.05, 0.1) is 13.3 Å². The minimum atomic E-state index is 0.130. The van der Waals surface area contributed by atoms with Gasteiger partial charge in [-0.1, -0.05) is 18.2 Å². The van der Waals surface area contributed by atoms with E-state index in [1.807, 2.05) is 66.7 Å². The Bertz CT molecular complexity index is 1250. The molecule has 0 radical (unpaired) electrons. The maximum absolute atomic E-state index is 9.99. The number of para-hydroxylation sites is 1. The van der Waals surface area contributed by atoms with Gasteiger partial charge >= 0.3 is 0 Å². The van der Waals surface area contributed by atoms with Gasteiger partial charge in [-0.15, -0.1) is 0 Å². The molecular formula is C23H20IN7O2. The lowest BCUT2D eigenvalue weighted by molar-refractivity contribution is 0.415. The third-order valence-electron chi connectivity index (χ3n) is 4.37. The summed E-state index contributed by atoms with van der Waals surface area (Å²) in [6.07, 6.45) is 1.50. The molecule has 0 unspecified atom stereocenters. The second-order valence-electron chi connectivity index (χ2n) is 6.72. The van der Waals surface area contributed by atoms with Crippen LogP contribution in [-0.4, -0.2) is 33.4 Å². The molecule has 0 amide bonds. The first-order valence-corrected chi connectivity index (χ1v) is 10.9. The van der Waals surface area contributed by atoms with E-state index in [1.165, 1.54) is 6.21 Å². The van der Waals surface area contributed by atoms with Crippen LogP contribution in [0.1, 0.15) is 5.56 Å². The summed E-state index contributed by atoms with van der Waals surface area (Å²) in [5.74, 6) is 1.76. The fourth-order valence-electron chi connectivity index (χ4n) is 2.78. The number of halogens is 1. The number of anilines is 5. The summed E-state index contributed by atoms with van der Waals surface area (Å²) < 4.78 is 6.18. The van der Waals surface area contributed by atoms with Crippen molar-refractivity contribution in [2.45, 2.75) is 0 Å². The van der Waals surface area contributed by atoms with Crippen molar-refractivity contribution in [3.63, 3.8) is 0 Å². The van der Waals surface area contributed by atoms with Crippen molar-refractivity contribution in [1.29, 1.82) is 0 Å². The summed E-state index contributed by atoms with van der Waals surface area (Å²) in [7, 11) is 1.62. The number of hydrogen-bond acceptors (Lipinski definition) is 9. The van der Waals surface area contributed by atoms with Crippen molar-refractivity contribution in [2.75, 3.05) is 23.2 Å². The van der Waals surface area contributed by atoms with Crippen molar-refractivity contribution in [3.05, 3.63) is 81.9 Å². The molecule has 0 aliphatic carbocycles. The highest BCUT2D eigenvalue weighted by molar-refractivity contribution is 14.1. The molecule has 0 spiro atoms. The highest BCUT2D eigenvalue weighted by atomic mass is 127. The van der Waals surface area contributed by atoms with Crippen molar-refractivity contribution in [1.82, 2.24) is 15.0 Å². The smallest absolute Gasteiger partial charge is 0.250 e. The molecular weight excluding hydrogens is 533 g/mol. The van der Waals surface area contributed by atoms with Crippen molar-refractivity contribution in [3.8, 4) is 11.5 Å². The lowest BCUT2D eigenvalue weighted by atomic mass is 10.2. The number of hydrogen-bond donors (Lipinski definition) is 4. The van der Waals surface area contributed by atoms with Gasteiger partial charge < -0.3 is 20.5 Å². The van der Waals surface area contributed by atoms with Crippen LogP contribution < -0.4 is 20.8 Å². The molecule has 10 heteroatoms. The molecule has 4 aromatic rings. The largest absolute Gasteiger partial charge is 0.507 e. The van der Waals surface area contributed by atoms with Crippen LogP contribution in [0.3, 0.4) is 0 Å². The highest BCUT2D eigenvalue weighted by Crippen LogP contribution is 2.21. The van der Waals surface area contributed by atoms with Crippen LogP contribution in [0.2, 0.25) is 0 Å². The topological polar surface area (TPSA) is 117 Å².